The quantitative estimate of drug-likeness (QED) is 0.578. The Balaban J connectivity index is 1.22. The van der Waals surface area contributed by atoms with Gasteiger partial charge in [0.1, 0.15) is 29.1 Å². The van der Waals surface area contributed by atoms with Crippen LogP contribution in [0.15, 0.2) is 68.9 Å². The maximum atomic E-state index is 13.9. The predicted molar refractivity (Wildman–Crippen MR) is 122 cm³/mol. The third-order valence-electron chi connectivity index (χ3n) is 6.28. The summed E-state index contributed by atoms with van der Waals surface area (Å²) in [5, 5.41) is 6.03. The highest BCUT2D eigenvalue weighted by molar-refractivity contribution is 6.01. The molecule has 1 fully saturated rings. The number of amides is 2. The van der Waals surface area contributed by atoms with Crippen LogP contribution < -0.4 is 0 Å². The van der Waals surface area contributed by atoms with Crippen molar-refractivity contribution in [3.63, 3.8) is 0 Å². The number of carbonyl (C=O) groups is 2. The molecule has 1 unspecified atom stereocenters. The summed E-state index contributed by atoms with van der Waals surface area (Å²) < 4.78 is 24.9. The predicted octanol–water partition coefficient (Wildman–Crippen LogP) is 3.46. The number of carbonyl (C=O) groups excluding carboxylic acids is 2. The molecule has 0 N–H and O–H groups in total. The zero-order valence-corrected chi connectivity index (χ0v) is 18.8. The van der Waals surface area contributed by atoms with E-state index < -0.39 is 0 Å². The first-order chi connectivity index (χ1) is 16.5. The number of nitrogens with zero attached hydrogens (tertiary/aromatic N) is 4. The molecular formula is C25H25FN4O4. The zero-order chi connectivity index (χ0) is 23.7. The molecule has 0 spiro atoms. The third kappa shape index (κ3) is 4.38. The van der Waals surface area contributed by atoms with Gasteiger partial charge < -0.3 is 13.7 Å². The van der Waals surface area contributed by atoms with E-state index in [2.05, 4.69) is 5.10 Å². The van der Waals surface area contributed by atoms with E-state index in [4.69, 9.17) is 8.83 Å². The van der Waals surface area contributed by atoms with Gasteiger partial charge in [-0.2, -0.15) is 5.10 Å². The van der Waals surface area contributed by atoms with Crippen LogP contribution in [-0.4, -0.2) is 65.1 Å². The molecule has 1 saturated heterocycles. The molecule has 5 rings (SSSR count). The molecule has 2 aliphatic rings. The van der Waals surface area contributed by atoms with Crippen LogP contribution in [0.1, 0.15) is 39.9 Å². The van der Waals surface area contributed by atoms with Crippen molar-refractivity contribution in [3.8, 4) is 0 Å². The Morgan fingerprint density at radius 3 is 2.50 bits per heavy atom. The Labute approximate surface area is 196 Å². The number of hydrogen-bond acceptors (Lipinski definition) is 6. The Kier molecular flexibility index (Phi) is 6.02. The lowest BCUT2D eigenvalue weighted by Crippen LogP contribution is -2.51. The molecule has 8 nitrogen and oxygen atoms in total. The lowest BCUT2D eigenvalue weighted by atomic mass is 10.1. The number of aryl methyl sites for hydroxylation is 1. The summed E-state index contributed by atoms with van der Waals surface area (Å²) >= 11 is 0. The lowest BCUT2D eigenvalue weighted by Gasteiger charge is -2.35. The number of halogens is 1. The molecule has 2 aliphatic heterocycles. The van der Waals surface area contributed by atoms with Crippen molar-refractivity contribution >= 4 is 17.5 Å². The summed E-state index contributed by atoms with van der Waals surface area (Å²) in [6.45, 7) is 3.85. The van der Waals surface area contributed by atoms with Crippen molar-refractivity contribution in [3.05, 3.63) is 83.5 Å². The first-order valence-electron chi connectivity index (χ1n) is 11.2. The fourth-order valence-electron chi connectivity index (χ4n) is 4.32. The normalized spacial score (nSPS) is 18.9. The van der Waals surface area contributed by atoms with Gasteiger partial charge in [0.05, 0.1) is 19.1 Å². The second kappa shape index (κ2) is 9.26. The molecule has 4 heterocycles. The molecule has 1 aromatic carbocycles. The van der Waals surface area contributed by atoms with Gasteiger partial charge >= 0.3 is 0 Å². The van der Waals surface area contributed by atoms with E-state index in [1.807, 2.05) is 17.0 Å². The zero-order valence-electron chi connectivity index (χ0n) is 18.8. The highest BCUT2D eigenvalue weighted by atomic mass is 19.1. The maximum Gasteiger partial charge on any atom is 0.257 e. The van der Waals surface area contributed by atoms with Crippen molar-refractivity contribution < 1.29 is 22.8 Å². The molecule has 2 aromatic heterocycles. The molecule has 34 heavy (non-hydrogen) atoms. The lowest BCUT2D eigenvalue weighted by molar-refractivity contribution is -0.134. The van der Waals surface area contributed by atoms with Crippen molar-refractivity contribution in [2.45, 2.75) is 19.4 Å². The fourth-order valence-corrected chi connectivity index (χ4v) is 4.32. The highest BCUT2D eigenvalue weighted by Gasteiger charge is 2.36. The maximum absolute atomic E-state index is 13.9. The number of benzene rings is 1. The average molecular weight is 464 g/mol. The average Bonchev–Trinajstić information content (AvgIpc) is 3.61. The van der Waals surface area contributed by atoms with E-state index in [9.17, 15) is 14.0 Å². The summed E-state index contributed by atoms with van der Waals surface area (Å²) in [5.41, 5.74) is 1.54. The summed E-state index contributed by atoms with van der Waals surface area (Å²) in [6.07, 6.45) is 3.66. The number of piperazine rings is 1. The first kappa shape index (κ1) is 22.1. The van der Waals surface area contributed by atoms with Crippen LogP contribution in [0.5, 0.6) is 0 Å². The van der Waals surface area contributed by atoms with Crippen molar-refractivity contribution in [2.24, 2.45) is 5.10 Å². The molecule has 0 aliphatic carbocycles. The minimum absolute atomic E-state index is 0.150. The molecule has 2 amide bonds. The van der Waals surface area contributed by atoms with Crippen LogP contribution in [0.4, 0.5) is 4.39 Å². The second-order valence-electron chi connectivity index (χ2n) is 8.53. The Morgan fingerprint density at radius 2 is 1.82 bits per heavy atom. The van der Waals surface area contributed by atoms with Gasteiger partial charge in [-0.05, 0) is 48.9 Å². The standard InChI is InChI=1S/C25H25FN4O4/c1-17-6-7-18(14-19(17)26)25(32)29-10-8-28(9-11-29)16-24(31)30-21(23-5-3-13-34-23)15-20(27-30)22-4-2-12-33-22/h2-7,12-14,21H,8-11,15-16H2,1H3. The number of hydrogen-bond donors (Lipinski definition) is 0. The Hall–Kier alpha value is -3.72. The van der Waals surface area contributed by atoms with Crippen LogP contribution in [0.25, 0.3) is 0 Å². The van der Waals surface area contributed by atoms with Gasteiger partial charge in [-0.25, -0.2) is 9.40 Å². The molecule has 3 aromatic rings. The molecule has 1 atom stereocenters. The second-order valence-corrected chi connectivity index (χ2v) is 8.53. The van der Waals surface area contributed by atoms with Crippen LogP contribution in [0.2, 0.25) is 0 Å². The minimum atomic E-state index is -0.388. The fraction of sp³-hybridized carbons (Fsp3) is 0.320. The molecule has 0 saturated carbocycles. The van der Waals surface area contributed by atoms with Crippen molar-refractivity contribution in [2.75, 3.05) is 32.7 Å². The summed E-state index contributed by atoms with van der Waals surface area (Å²) in [5.74, 6) is 0.561. The third-order valence-corrected chi connectivity index (χ3v) is 6.28. The van der Waals surface area contributed by atoms with Gasteiger partial charge in [0.2, 0.25) is 0 Å². The van der Waals surface area contributed by atoms with Gasteiger partial charge in [0.15, 0.2) is 0 Å². The van der Waals surface area contributed by atoms with Crippen LogP contribution in [-0.2, 0) is 4.79 Å². The molecule has 0 radical (unpaired) electrons. The SMILES string of the molecule is Cc1ccc(C(=O)N2CCN(CC(=O)N3N=C(c4ccco4)CC3c3ccco3)CC2)cc1F. The van der Waals surface area contributed by atoms with E-state index >= 15 is 0 Å². The monoisotopic (exact) mass is 464 g/mol. The van der Waals surface area contributed by atoms with E-state index in [0.29, 0.717) is 61.0 Å². The number of hydrazone groups is 1. The summed E-state index contributed by atoms with van der Waals surface area (Å²) in [7, 11) is 0. The van der Waals surface area contributed by atoms with Crippen LogP contribution >= 0.6 is 0 Å². The topological polar surface area (TPSA) is 82.5 Å². The summed E-state index contributed by atoms with van der Waals surface area (Å²) in [4.78, 5) is 29.7. The molecule has 9 heteroatoms. The van der Waals surface area contributed by atoms with Gasteiger partial charge in [-0.3, -0.25) is 14.5 Å². The Bertz CT molecular complexity index is 1200. The largest absolute Gasteiger partial charge is 0.467 e. The van der Waals surface area contributed by atoms with Crippen molar-refractivity contribution in [1.82, 2.24) is 14.8 Å². The van der Waals surface area contributed by atoms with E-state index in [1.54, 1.807) is 48.6 Å². The van der Waals surface area contributed by atoms with Gasteiger partial charge in [0.25, 0.3) is 11.8 Å². The minimum Gasteiger partial charge on any atom is -0.467 e. The summed E-state index contributed by atoms with van der Waals surface area (Å²) in [6, 6.07) is 11.4. The molecule has 0 bridgehead atoms. The van der Waals surface area contributed by atoms with Crippen molar-refractivity contribution in [1.29, 1.82) is 0 Å². The van der Waals surface area contributed by atoms with Gasteiger partial charge in [-0.15, -0.1) is 0 Å². The van der Waals surface area contributed by atoms with Gasteiger partial charge in [0, 0.05) is 38.2 Å². The molecular weight excluding hydrogens is 439 g/mol. The van der Waals surface area contributed by atoms with Crippen LogP contribution in [0, 0.1) is 12.7 Å². The smallest absolute Gasteiger partial charge is 0.257 e. The van der Waals surface area contributed by atoms with E-state index in [-0.39, 0.29) is 30.2 Å². The van der Waals surface area contributed by atoms with Gasteiger partial charge in [-0.1, -0.05) is 6.07 Å². The van der Waals surface area contributed by atoms with E-state index in [0.717, 1.165) is 0 Å². The number of rotatable bonds is 5. The Morgan fingerprint density at radius 1 is 1.06 bits per heavy atom. The first-order valence-corrected chi connectivity index (χ1v) is 11.2. The van der Waals surface area contributed by atoms with Crippen LogP contribution in [0.3, 0.4) is 0 Å². The number of furan rings is 2. The van der Waals surface area contributed by atoms with E-state index in [1.165, 1.54) is 11.1 Å². The molecule has 176 valence electrons. The highest BCUT2D eigenvalue weighted by Crippen LogP contribution is 2.33.